The maximum Gasteiger partial charge on any atom is 0.224 e. The first-order valence-corrected chi connectivity index (χ1v) is 7.86. The Morgan fingerprint density at radius 1 is 1.37 bits per heavy atom. The van der Waals surface area contributed by atoms with Crippen LogP contribution in [0.4, 0.5) is 5.82 Å². The molecule has 0 atom stereocenters. The second-order valence-electron chi connectivity index (χ2n) is 5.06. The topological polar surface area (TPSA) is 29.0 Å². The number of rotatable bonds is 2. The van der Waals surface area contributed by atoms with E-state index in [0.29, 0.717) is 5.28 Å². The van der Waals surface area contributed by atoms with Crippen LogP contribution in [-0.2, 0) is 0 Å². The van der Waals surface area contributed by atoms with Crippen molar-refractivity contribution in [2.24, 2.45) is 5.92 Å². The lowest BCUT2D eigenvalue weighted by Gasteiger charge is -2.32. The molecule has 0 aliphatic carbocycles. The average Bonchev–Trinajstić information content (AvgIpc) is 2.93. The molecule has 3 nitrogen and oxygen atoms in total. The summed E-state index contributed by atoms with van der Waals surface area (Å²) in [4.78, 5) is 10.9. The Labute approximate surface area is 122 Å². The van der Waals surface area contributed by atoms with Crippen LogP contribution in [0.3, 0.4) is 0 Å². The number of nitrogens with zero attached hydrogens (tertiary/aromatic N) is 3. The Morgan fingerprint density at radius 2 is 2.16 bits per heavy atom. The third kappa shape index (κ3) is 2.74. The molecule has 100 valence electrons. The molecule has 1 saturated heterocycles. The largest absolute Gasteiger partial charge is 0.356 e. The second-order valence-corrected chi connectivity index (χ2v) is 6.18. The molecule has 1 aliphatic rings. The van der Waals surface area contributed by atoms with Crippen LogP contribution in [0.5, 0.6) is 0 Å². The summed E-state index contributed by atoms with van der Waals surface area (Å²) >= 11 is 7.67. The molecule has 0 bridgehead atoms. The highest BCUT2D eigenvalue weighted by Gasteiger charge is 2.21. The lowest BCUT2D eigenvalue weighted by Crippen LogP contribution is -2.33. The summed E-state index contributed by atoms with van der Waals surface area (Å²) in [5.41, 5.74) is 2.26. The number of thiophene rings is 1. The van der Waals surface area contributed by atoms with E-state index in [9.17, 15) is 0 Å². The quantitative estimate of drug-likeness (QED) is 0.781. The Hall–Kier alpha value is -1.13. The third-order valence-corrected chi connectivity index (χ3v) is 4.52. The molecule has 0 amide bonds. The summed E-state index contributed by atoms with van der Waals surface area (Å²) in [7, 11) is 0. The third-order valence-electron chi connectivity index (χ3n) is 3.65. The highest BCUT2D eigenvalue weighted by Crippen LogP contribution is 2.33. The van der Waals surface area contributed by atoms with Crippen molar-refractivity contribution in [2.75, 3.05) is 18.0 Å². The molecule has 0 radical (unpaired) electrons. The van der Waals surface area contributed by atoms with Crippen molar-refractivity contribution < 1.29 is 0 Å². The number of anilines is 1. The van der Waals surface area contributed by atoms with Crippen molar-refractivity contribution in [3.63, 3.8) is 0 Å². The number of hydrogen-bond acceptors (Lipinski definition) is 4. The first-order valence-electron chi connectivity index (χ1n) is 6.54. The Kier molecular flexibility index (Phi) is 3.71. The molecule has 0 aromatic carbocycles. The van der Waals surface area contributed by atoms with E-state index in [4.69, 9.17) is 11.6 Å². The molecule has 5 heteroatoms. The van der Waals surface area contributed by atoms with E-state index in [1.807, 2.05) is 6.20 Å². The second kappa shape index (κ2) is 5.47. The van der Waals surface area contributed by atoms with Crippen LogP contribution in [0.1, 0.15) is 19.8 Å². The Bertz CT molecular complexity index is 548. The van der Waals surface area contributed by atoms with E-state index in [-0.39, 0.29) is 0 Å². The standard InChI is InChI=1S/C14H16ClN3S/c1-10-2-5-18(6-3-10)13-12(8-16-14(15)17-13)11-4-7-19-9-11/h4,7-10H,2-3,5-6H2,1H3. The molecule has 0 N–H and O–H groups in total. The predicted octanol–water partition coefficient (Wildman–Crippen LogP) is 4.09. The molecule has 1 aliphatic heterocycles. The van der Waals surface area contributed by atoms with Gasteiger partial charge in [0.15, 0.2) is 0 Å². The maximum absolute atomic E-state index is 5.98. The summed E-state index contributed by atoms with van der Waals surface area (Å²) in [6.45, 7) is 4.40. The van der Waals surface area contributed by atoms with Crippen molar-refractivity contribution in [1.82, 2.24) is 9.97 Å². The zero-order chi connectivity index (χ0) is 13.2. The smallest absolute Gasteiger partial charge is 0.224 e. The van der Waals surface area contributed by atoms with Gasteiger partial charge in [0.1, 0.15) is 5.82 Å². The van der Waals surface area contributed by atoms with Crippen molar-refractivity contribution in [3.05, 3.63) is 28.3 Å². The molecule has 2 aromatic rings. The zero-order valence-electron chi connectivity index (χ0n) is 10.8. The van der Waals surface area contributed by atoms with Crippen molar-refractivity contribution in [1.29, 1.82) is 0 Å². The van der Waals surface area contributed by atoms with Gasteiger partial charge in [0.2, 0.25) is 5.28 Å². The fourth-order valence-electron chi connectivity index (χ4n) is 2.43. The van der Waals surface area contributed by atoms with Gasteiger partial charge in [-0.25, -0.2) is 4.98 Å². The minimum absolute atomic E-state index is 0.326. The van der Waals surface area contributed by atoms with Gasteiger partial charge in [0.25, 0.3) is 0 Å². The average molecular weight is 294 g/mol. The summed E-state index contributed by atoms with van der Waals surface area (Å²) in [6.07, 6.45) is 4.26. The van der Waals surface area contributed by atoms with E-state index in [1.54, 1.807) is 11.3 Å². The number of piperidine rings is 1. The van der Waals surface area contributed by atoms with Crippen LogP contribution in [0, 0.1) is 5.92 Å². The normalized spacial score (nSPS) is 16.8. The molecular formula is C14H16ClN3S. The Balaban J connectivity index is 1.97. The van der Waals surface area contributed by atoms with Crippen LogP contribution in [0.25, 0.3) is 11.1 Å². The fourth-order valence-corrected chi connectivity index (χ4v) is 3.22. The Morgan fingerprint density at radius 3 is 2.84 bits per heavy atom. The lowest BCUT2D eigenvalue weighted by molar-refractivity contribution is 0.436. The van der Waals surface area contributed by atoms with Crippen molar-refractivity contribution in [3.8, 4) is 11.1 Å². The summed E-state index contributed by atoms with van der Waals surface area (Å²) in [5, 5.41) is 4.53. The molecule has 1 fully saturated rings. The van der Waals surface area contributed by atoms with Gasteiger partial charge in [-0.1, -0.05) is 6.92 Å². The molecule has 0 spiro atoms. The SMILES string of the molecule is CC1CCN(c2nc(Cl)ncc2-c2ccsc2)CC1. The number of hydrogen-bond donors (Lipinski definition) is 0. The minimum atomic E-state index is 0.326. The van der Waals surface area contributed by atoms with Gasteiger partial charge in [-0.05, 0) is 52.8 Å². The van der Waals surface area contributed by atoms with E-state index in [2.05, 4.69) is 38.6 Å². The van der Waals surface area contributed by atoms with Crippen LogP contribution in [0.2, 0.25) is 5.28 Å². The molecule has 2 aromatic heterocycles. The van der Waals surface area contributed by atoms with Crippen LogP contribution < -0.4 is 4.90 Å². The van der Waals surface area contributed by atoms with Gasteiger partial charge in [-0.3, -0.25) is 0 Å². The van der Waals surface area contributed by atoms with Gasteiger partial charge in [0, 0.05) is 24.8 Å². The highest BCUT2D eigenvalue weighted by atomic mass is 35.5. The van der Waals surface area contributed by atoms with Gasteiger partial charge in [0.05, 0.1) is 0 Å². The van der Waals surface area contributed by atoms with Crippen molar-refractivity contribution in [2.45, 2.75) is 19.8 Å². The van der Waals surface area contributed by atoms with Crippen LogP contribution >= 0.6 is 22.9 Å². The summed E-state index contributed by atoms with van der Waals surface area (Å²) in [6, 6.07) is 2.10. The molecule has 0 unspecified atom stereocenters. The van der Waals surface area contributed by atoms with E-state index in [1.165, 1.54) is 18.4 Å². The van der Waals surface area contributed by atoms with Crippen LogP contribution in [-0.4, -0.2) is 23.1 Å². The lowest BCUT2D eigenvalue weighted by atomic mass is 9.99. The van der Waals surface area contributed by atoms with Gasteiger partial charge in [-0.15, -0.1) is 0 Å². The highest BCUT2D eigenvalue weighted by molar-refractivity contribution is 7.08. The van der Waals surface area contributed by atoms with Gasteiger partial charge >= 0.3 is 0 Å². The fraction of sp³-hybridized carbons (Fsp3) is 0.429. The van der Waals surface area contributed by atoms with E-state index >= 15 is 0 Å². The molecule has 3 rings (SSSR count). The first kappa shape index (κ1) is 12.9. The van der Waals surface area contributed by atoms with Gasteiger partial charge in [-0.2, -0.15) is 16.3 Å². The molecule has 3 heterocycles. The number of aromatic nitrogens is 2. The van der Waals surface area contributed by atoms with E-state index in [0.717, 1.165) is 30.4 Å². The summed E-state index contributed by atoms with van der Waals surface area (Å²) < 4.78 is 0. The summed E-state index contributed by atoms with van der Waals surface area (Å²) in [5.74, 6) is 1.78. The predicted molar refractivity (Wildman–Crippen MR) is 81.0 cm³/mol. The van der Waals surface area contributed by atoms with E-state index < -0.39 is 0 Å². The maximum atomic E-state index is 5.98. The van der Waals surface area contributed by atoms with Crippen LogP contribution in [0.15, 0.2) is 23.0 Å². The number of halogens is 1. The molecular weight excluding hydrogens is 278 g/mol. The minimum Gasteiger partial charge on any atom is -0.356 e. The zero-order valence-corrected chi connectivity index (χ0v) is 12.4. The molecule has 0 saturated carbocycles. The monoisotopic (exact) mass is 293 g/mol. The van der Waals surface area contributed by atoms with Gasteiger partial charge < -0.3 is 4.90 Å². The molecule has 19 heavy (non-hydrogen) atoms. The van der Waals surface area contributed by atoms with Crippen molar-refractivity contribution >= 4 is 28.8 Å². The first-order chi connectivity index (χ1) is 9.24.